The highest BCUT2D eigenvalue weighted by atomic mass is 32.2. The van der Waals surface area contributed by atoms with Crippen molar-refractivity contribution < 1.29 is 0 Å². The molecule has 0 amide bonds. The lowest BCUT2D eigenvalue weighted by Crippen LogP contribution is -2.20. The fourth-order valence-electron chi connectivity index (χ4n) is 2.56. The van der Waals surface area contributed by atoms with E-state index in [1.807, 2.05) is 23.5 Å². The van der Waals surface area contributed by atoms with E-state index in [1.165, 1.54) is 43.9 Å². The molecule has 23 heavy (non-hydrogen) atoms. The Morgan fingerprint density at radius 3 is 1.35 bits per heavy atom. The Labute approximate surface area is 156 Å². The monoisotopic (exact) mass is 376 g/mol. The molecule has 0 saturated carbocycles. The van der Waals surface area contributed by atoms with Crippen LogP contribution < -0.4 is 0 Å². The van der Waals surface area contributed by atoms with Crippen molar-refractivity contribution in [2.45, 2.75) is 26.7 Å². The minimum absolute atomic E-state index is 0.838. The first-order chi connectivity index (χ1) is 11.3. The molecule has 0 atom stereocenters. The maximum Gasteiger partial charge on any atom is 0.0276 e. The molecular weight excluding hydrogens is 356 g/mol. The molecule has 2 aromatic rings. The Hall–Kier alpha value is -0.160. The van der Waals surface area contributed by atoms with Crippen molar-refractivity contribution in [3.63, 3.8) is 0 Å². The van der Waals surface area contributed by atoms with Gasteiger partial charge in [0, 0.05) is 43.3 Å². The molecule has 0 unspecified atom stereocenters. The second kappa shape index (κ2) is 7.81. The molecule has 0 radical (unpaired) electrons. The van der Waals surface area contributed by atoms with Crippen LogP contribution in [0.1, 0.15) is 11.1 Å². The van der Waals surface area contributed by atoms with Crippen LogP contribution in [0.25, 0.3) is 0 Å². The van der Waals surface area contributed by atoms with Gasteiger partial charge in [-0.1, -0.05) is 24.3 Å². The van der Waals surface area contributed by atoms with Gasteiger partial charge >= 0.3 is 0 Å². The van der Waals surface area contributed by atoms with Crippen molar-refractivity contribution in [2.24, 2.45) is 0 Å². The number of hydrogen-bond donors (Lipinski definition) is 0. The number of thioether (sulfide) groups is 4. The zero-order chi connectivity index (χ0) is 15.5. The van der Waals surface area contributed by atoms with E-state index in [1.54, 1.807) is 0 Å². The third-order valence-electron chi connectivity index (χ3n) is 4.08. The maximum absolute atomic E-state index is 2.29. The van der Waals surface area contributed by atoms with Gasteiger partial charge in [-0.3, -0.25) is 0 Å². The van der Waals surface area contributed by atoms with Crippen LogP contribution in [-0.4, -0.2) is 33.5 Å². The number of benzene rings is 2. The molecule has 2 aromatic carbocycles. The van der Waals surface area contributed by atoms with E-state index >= 15 is 0 Å². The van der Waals surface area contributed by atoms with Crippen LogP contribution >= 0.6 is 47.0 Å². The molecule has 4 rings (SSSR count). The zero-order valence-corrected chi connectivity index (χ0v) is 16.2. The minimum atomic E-state index is 0.838. The lowest BCUT2D eigenvalue weighted by Gasteiger charge is -2.24. The summed E-state index contributed by atoms with van der Waals surface area (Å²) in [5, 5.41) is 1.68. The molecule has 2 saturated heterocycles. The third kappa shape index (κ3) is 4.47. The summed E-state index contributed by atoms with van der Waals surface area (Å²) >= 11 is 8.18. The predicted molar refractivity (Wildman–Crippen MR) is 110 cm³/mol. The van der Waals surface area contributed by atoms with E-state index in [9.17, 15) is 0 Å². The molecule has 2 fully saturated rings. The van der Waals surface area contributed by atoms with Crippen molar-refractivity contribution in [2.75, 3.05) is 23.0 Å². The summed E-state index contributed by atoms with van der Waals surface area (Å²) in [5.74, 6) is 5.26. The average molecular weight is 377 g/mol. The van der Waals surface area contributed by atoms with Crippen molar-refractivity contribution in [3.8, 4) is 0 Å². The first kappa shape index (κ1) is 16.3. The van der Waals surface area contributed by atoms with Gasteiger partial charge < -0.3 is 0 Å². The standard InChI is InChI=1S/C19H20S4/c1-5-16(22-18-10-20-11-18)6-2-14(1)9-15-3-7-17(8-4-15)23-19-12-21-13-19/h1-8,18-19H,9-13H2. The number of hydrogen-bond acceptors (Lipinski definition) is 4. The van der Waals surface area contributed by atoms with Gasteiger partial charge in [0.25, 0.3) is 0 Å². The fraction of sp³-hybridized carbons (Fsp3) is 0.368. The molecule has 4 heteroatoms. The van der Waals surface area contributed by atoms with Crippen LogP contribution in [0, 0.1) is 0 Å². The zero-order valence-electron chi connectivity index (χ0n) is 12.9. The van der Waals surface area contributed by atoms with Gasteiger partial charge in [-0.05, 0) is 41.8 Å². The second-order valence-corrected chi connectivity index (χ2v) is 10.9. The van der Waals surface area contributed by atoms with Gasteiger partial charge in [-0.2, -0.15) is 23.5 Å². The molecular formula is C19H20S4. The third-order valence-corrected chi connectivity index (χ3v) is 9.89. The summed E-state index contributed by atoms with van der Waals surface area (Å²) in [7, 11) is 0. The summed E-state index contributed by atoms with van der Waals surface area (Å²) in [5.41, 5.74) is 2.82. The van der Waals surface area contributed by atoms with Gasteiger partial charge in [0.05, 0.1) is 0 Å². The Morgan fingerprint density at radius 2 is 1.04 bits per heavy atom. The van der Waals surface area contributed by atoms with Gasteiger partial charge in [0.2, 0.25) is 0 Å². The maximum atomic E-state index is 2.29. The van der Waals surface area contributed by atoms with Crippen LogP contribution in [0.5, 0.6) is 0 Å². The summed E-state index contributed by atoms with van der Waals surface area (Å²) in [6, 6.07) is 18.3. The molecule has 0 aliphatic carbocycles. The second-order valence-electron chi connectivity index (χ2n) is 6.02. The van der Waals surface area contributed by atoms with E-state index in [4.69, 9.17) is 0 Å². The smallest absolute Gasteiger partial charge is 0.0276 e. The van der Waals surface area contributed by atoms with Gasteiger partial charge in [-0.15, -0.1) is 23.5 Å². The van der Waals surface area contributed by atoms with Crippen LogP contribution in [-0.2, 0) is 6.42 Å². The highest BCUT2D eigenvalue weighted by molar-refractivity contribution is 8.07. The van der Waals surface area contributed by atoms with Crippen molar-refractivity contribution in [1.29, 1.82) is 0 Å². The summed E-state index contributed by atoms with van der Waals surface area (Å²) in [6.45, 7) is 0. The molecule has 0 aromatic heterocycles. The SMILES string of the molecule is c1cc(SC2CSC2)ccc1Cc1ccc(SC2CSC2)cc1. The van der Waals surface area contributed by atoms with Crippen LogP contribution in [0.4, 0.5) is 0 Å². The van der Waals surface area contributed by atoms with Crippen LogP contribution in [0.3, 0.4) is 0 Å². The Kier molecular flexibility index (Phi) is 5.54. The van der Waals surface area contributed by atoms with E-state index < -0.39 is 0 Å². The fourth-order valence-corrected chi connectivity index (χ4v) is 7.01. The largest absolute Gasteiger partial charge is 0.160 e. The Balaban J connectivity index is 1.33. The van der Waals surface area contributed by atoms with Crippen LogP contribution in [0.2, 0.25) is 0 Å². The van der Waals surface area contributed by atoms with E-state index in [-0.39, 0.29) is 0 Å². The molecule has 2 heterocycles. The van der Waals surface area contributed by atoms with Gasteiger partial charge in [0.1, 0.15) is 0 Å². The minimum Gasteiger partial charge on any atom is -0.160 e. The highest BCUT2D eigenvalue weighted by Crippen LogP contribution is 2.35. The summed E-state index contributed by atoms with van der Waals surface area (Å²) in [4.78, 5) is 2.84. The molecule has 120 valence electrons. The highest BCUT2D eigenvalue weighted by Gasteiger charge is 2.19. The topological polar surface area (TPSA) is 0 Å². The molecule has 2 aliphatic heterocycles. The first-order valence-corrected chi connectivity index (χ1v) is 12.1. The van der Waals surface area contributed by atoms with E-state index in [0.717, 1.165) is 16.9 Å². The average Bonchev–Trinajstić information content (AvgIpc) is 2.50. The van der Waals surface area contributed by atoms with Crippen molar-refractivity contribution >= 4 is 47.0 Å². The lowest BCUT2D eigenvalue weighted by atomic mass is 10.1. The van der Waals surface area contributed by atoms with E-state index in [2.05, 4.69) is 72.1 Å². The Bertz CT molecular complexity index is 570. The van der Waals surface area contributed by atoms with Crippen molar-refractivity contribution in [3.05, 3.63) is 59.7 Å². The molecule has 0 nitrogen and oxygen atoms in total. The quantitative estimate of drug-likeness (QED) is 0.634. The van der Waals surface area contributed by atoms with Crippen LogP contribution in [0.15, 0.2) is 58.3 Å². The Morgan fingerprint density at radius 1 is 0.652 bits per heavy atom. The van der Waals surface area contributed by atoms with Gasteiger partial charge in [0.15, 0.2) is 0 Å². The van der Waals surface area contributed by atoms with Gasteiger partial charge in [-0.25, -0.2) is 0 Å². The summed E-state index contributed by atoms with van der Waals surface area (Å²) in [6.07, 6.45) is 1.04. The molecule has 0 spiro atoms. The summed E-state index contributed by atoms with van der Waals surface area (Å²) < 4.78 is 0. The first-order valence-electron chi connectivity index (χ1n) is 8.02. The number of rotatable bonds is 6. The van der Waals surface area contributed by atoms with Crippen molar-refractivity contribution in [1.82, 2.24) is 0 Å². The predicted octanol–water partition coefficient (Wildman–Crippen LogP) is 5.69. The normalized spacial score (nSPS) is 18.4. The van der Waals surface area contributed by atoms with E-state index in [0.29, 0.717) is 0 Å². The molecule has 2 aliphatic rings. The lowest BCUT2D eigenvalue weighted by molar-refractivity contribution is 1.08. The molecule has 0 bridgehead atoms. The molecule has 0 N–H and O–H groups in total.